The molecule has 0 bridgehead atoms. The Bertz CT molecular complexity index is 1270. The number of allylic oxidation sites excluding steroid dienone is 3. The van der Waals surface area contributed by atoms with Gasteiger partial charge in [0, 0.05) is 17.3 Å². The van der Waals surface area contributed by atoms with E-state index in [1.54, 1.807) is 0 Å². The molecular formula is C22H25IN6O7S2. The summed E-state index contributed by atoms with van der Waals surface area (Å²) < 4.78 is 4.16. The Morgan fingerprint density at radius 1 is 1.37 bits per heavy atom. The summed E-state index contributed by atoms with van der Waals surface area (Å²) in [7, 11) is 0. The second-order valence-corrected chi connectivity index (χ2v) is 13.2. The number of fused-ring (bicyclic) bond motifs is 1. The van der Waals surface area contributed by atoms with Crippen molar-refractivity contribution in [3.8, 4) is 0 Å². The standard InChI is InChI=1S/C22H25IN6O7S2/c1-22(2,20(34)35)36-27-13(12-10-38-21(24)25-12)16(30)26-14-17(31)29-15(19(32)33)11(9-37-18(14)29)8-28-7-5-3-4-6-23-28/h3-7,10,14,18-19,32-33H,8-9H2,1-2H3,(H2,24,25)(H,26,30)(H,34,35)/b27-13-/t14-,18-/m1/s1. The zero-order valence-electron chi connectivity index (χ0n) is 20.1. The maximum Gasteiger partial charge on any atom is 0.350 e. The molecule has 4 rings (SSSR count). The maximum absolute atomic E-state index is 13.2. The molecule has 0 aromatic carbocycles. The maximum atomic E-state index is 13.2. The SMILES string of the molecule is CC(C)(O/N=C(\C(=O)N[C@@H]1C(=O)N2C(C(O)O)=C(CN3C=CC=CC=I3)CS[C@H]12)c1csc(N)n1)C(=O)O. The molecule has 6 N–H and O–H groups in total. The Labute approximate surface area is 235 Å². The lowest BCUT2D eigenvalue weighted by Crippen LogP contribution is -2.71. The third kappa shape index (κ3) is 5.93. The zero-order chi connectivity index (χ0) is 27.6. The van der Waals surface area contributed by atoms with Crippen molar-refractivity contribution in [2.75, 3.05) is 18.0 Å². The van der Waals surface area contributed by atoms with Crippen molar-refractivity contribution in [3.05, 3.63) is 46.8 Å². The van der Waals surface area contributed by atoms with Crippen molar-refractivity contribution < 1.29 is 34.5 Å². The number of aliphatic hydroxyl groups excluding tert-OH is 1. The number of nitrogens with one attached hydrogen (secondary N) is 1. The lowest BCUT2D eigenvalue weighted by atomic mass is 10.0. The minimum Gasteiger partial charge on any atom is -0.478 e. The summed E-state index contributed by atoms with van der Waals surface area (Å²) in [6, 6.07) is -0.987. The number of thioether (sulfide) groups is 1. The average Bonchev–Trinajstić information content (AvgIpc) is 3.12. The van der Waals surface area contributed by atoms with Gasteiger partial charge in [0.1, 0.15) is 17.1 Å². The van der Waals surface area contributed by atoms with Crippen LogP contribution in [0.25, 0.3) is 0 Å². The van der Waals surface area contributed by atoms with Gasteiger partial charge in [0.15, 0.2) is 17.1 Å². The number of hydrogen-bond acceptors (Lipinski definition) is 12. The van der Waals surface area contributed by atoms with Gasteiger partial charge in [0.2, 0.25) is 5.60 Å². The van der Waals surface area contributed by atoms with Gasteiger partial charge in [-0.15, -0.1) is 23.1 Å². The molecule has 0 radical (unpaired) electrons. The van der Waals surface area contributed by atoms with Gasteiger partial charge in [-0.25, -0.2) is 9.78 Å². The number of thiazole rings is 1. The fraction of sp³-hybridized carbons (Fsp3) is 0.364. The van der Waals surface area contributed by atoms with Crippen LogP contribution in [0.1, 0.15) is 19.5 Å². The highest BCUT2D eigenvalue weighted by atomic mass is 127. The minimum absolute atomic E-state index is 0.0554. The third-order valence-corrected chi connectivity index (χ3v) is 9.68. The molecule has 1 aromatic heterocycles. The molecule has 4 heterocycles. The first-order chi connectivity index (χ1) is 18.0. The Hall–Kier alpha value is -2.80. The molecule has 2 atom stereocenters. The van der Waals surface area contributed by atoms with Crippen molar-refractivity contribution >= 4 is 76.7 Å². The van der Waals surface area contributed by atoms with Gasteiger partial charge in [-0.2, -0.15) is 0 Å². The number of nitrogens with zero attached hydrogens (tertiary/aromatic N) is 4. The van der Waals surface area contributed by atoms with E-state index in [9.17, 15) is 29.7 Å². The normalized spacial score (nSPS) is 21.6. The number of oxime groups is 1. The summed E-state index contributed by atoms with van der Waals surface area (Å²) in [4.78, 5) is 48.1. The number of hydrogen-bond donors (Lipinski definition) is 5. The predicted octanol–water partition coefficient (Wildman–Crippen LogP) is 0.347. The number of β-lactam (4-membered cyclic amide) rings is 1. The summed E-state index contributed by atoms with van der Waals surface area (Å²) >= 11 is 1.99. The fourth-order valence-electron chi connectivity index (χ4n) is 3.55. The monoisotopic (exact) mass is 676 g/mol. The van der Waals surface area contributed by atoms with Crippen LogP contribution in [0.5, 0.6) is 0 Å². The third-order valence-electron chi connectivity index (χ3n) is 5.55. The van der Waals surface area contributed by atoms with Crippen LogP contribution in [-0.4, -0.2) is 91.4 Å². The highest BCUT2D eigenvalue weighted by Gasteiger charge is 2.54. The smallest absolute Gasteiger partial charge is 0.350 e. The topological polar surface area (TPSA) is 191 Å². The molecule has 3 aliphatic heterocycles. The molecular weight excluding hydrogens is 651 g/mol. The van der Waals surface area contributed by atoms with Crippen molar-refractivity contribution in [1.29, 1.82) is 0 Å². The molecule has 1 aromatic rings. The number of aliphatic hydroxyl groups is 2. The van der Waals surface area contributed by atoms with Gasteiger partial charge in [-0.1, -0.05) is 17.3 Å². The molecule has 38 heavy (non-hydrogen) atoms. The van der Waals surface area contributed by atoms with Gasteiger partial charge < -0.3 is 34.3 Å². The van der Waals surface area contributed by atoms with Crippen LogP contribution in [0, 0.1) is 0 Å². The Balaban J connectivity index is 1.53. The highest BCUT2D eigenvalue weighted by molar-refractivity contribution is 14.2. The van der Waals surface area contributed by atoms with Gasteiger partial charge in [0.25, 0.3) is 11.8 Å². The molecule has 0 aliphatic carbocycles. The Morgan fingerprint density at radius 2 is 2.13 bits per heavy atom. The number of carbonyl (C=O) groups is 3. The number of carbonyl (C=O) groups excluding carboxylic acids is 2. The van der Waals surface area contributed by atoms with E-state index in [0.717, 1.165) is 11.3 Å². The van der Waals surface area contributed by atoms with Crippen LogP contribution in [0.4, 0.5) is 5.13 Å². The molecule has 0 unspecified atom stereocenters. The number of nitrogens with two attached hydrogens (primary N) is 1. The summed E-state index contributed by atoms with van der Waals surface area (Å²) in [6.07, 6.45) is 5.84. The lowest BCUT2D eigenvalue weighted by Gasteiger charge is -2.51. The number of rotatable bonds is 9. The summed E-state index contributed by atoms with van der Waals surface area (Å²) in [5.74, 6) is -2.21. The molecule has 3 aliphatic rings. The van der Waals surface area contributed by atoms with Crippen LogP contribution in [-0.2, 0) is 19.2 Å². The molecule has 204 valence electrons. The van der Waals surface area contributed by atoms with Crippen molar-refractivity contribution in [1.82, 2.24) is 18.3 Å². The molecule has 2 amide bonds. The van der Waals surface area contributed by atoms with Crippen LogP contribution < -0.4 is 11.1 Å². The second kappa shape index (κ2) is 11.5. The van der Waals surface area contributed by atoms with E-state index < -0.39 is 62.1 Å². The molecule has 0 spiro atoms. The van der Waals surface area contributed by atoms with Crippen LogP contribution in [0.2, 0.25) is 0 Å². The number of carboxylic acids is 1. The first-order valence-corrected chi connectivity index (χ1v) is 15.2. The van der Waals surface area contributed by atoms with Crippen molar-refractivity contribution in [2.24, 2.45) is 5.16 Å². The first-order valence-electron chi connectivity index (χ1n) is 11.1. The minimum atomic E-state index is -1.87. The number of carboxylic acid groups (broad SMARTS) is 1. The van der Waals surface area contributed by atoms with E-state index in [2.05, 4.69) is 22.6 Å². The quantitative estimate of drug-likeness (QED) is 0.0606. The van der Waals surface area contributed by atoms with E-state index in [4.69, 9.17) is 10.6 Å². The van der Waals surface area contributed by atoms with Gasteiger partial charge in [-0.3, -0.25) is 14.5 Å². The highest BCUT2D eigenvalue weighted by Crippen LogP contribution is 2.41. The predicted molar refractivity (Wildman–Crippen MR) is 151 cm³/mol. The van der Waals surface area contributed by atoms with Crippen molar-refractivity contribution in [2.45, 2.75) is 37.2 Å². The number of nitrogen functional groups attached to an aromatic ring is 1. The Morgan fingerprint density at radius 3 is 2.79 bits per heavy atom. The number of amides is 2. The zero-order valence-corrected chi connectivity index (χ0v) is 23.9. The van der Waals surface area contributed by atoms with E-state index in [1.807, 2.05) is 24.4 Å². The van der Waals surface area contributed by atoms with Gasteiger partial charge in [-0.05, 0) is 50.5 Å². The number of anilines is 1. The first kappa shape index (κ1) is 28.2. The second-order valence-electron chi connectivity index (χ2n) is 8.65. The molecule has 1 fully saturated rings. The molecule has 16 heteroatoms. The molecule has 13 nitrogen and oxygen atoms in total. The number of halogens is 1. The van der Waals surface area contributed by atoms with Crippen molar-refractivity contribution in [3.63, 3.8) is 0 Å². The number of aromatic nitrogens is 1. The molecule has 0 saturated carbocycles. The summed E-state index contributed by atoms with van der Waals surface area (Å²) in [5, 5.41) is 36.9. The van der Waals surface area contributed by atoms with Gasteiger partial charge >= 0.3 is 5.97 Å². The largest absolute Gasteiger partial charge is 0.478 e. The lowest BCUT2D eigenvalue weighted by molar-refractivity contribution is -0.161. The number of aliphatic carboxylic acids is 1. The molecule has 1 saturated heterocycles. The van der Waals surface area contributed by atoms with E-state index in [1.165, 1.54) is 35.9 Å². The summed E-state index contributed by atoms with van der Waals surface area (Å²) in [6.45, 7) is 2.97. The Kier molecular flexibility index (Phi) is 8.55. The van der Waals surface area contributed by atoms with Crippen LogP contribution in [0.3, 0.4) is 0 Å². The van der Waals surface area contributed by atoms with E-state index >= 15 is 0 Å². The van der Waals surface area contributed by atoms with E-state index in [-0.39, 0.29) is 22.2 Å². The summed E-state index contributed by atoms with van der Waals surface area (Å²) in [5.41, 5.74) is 4.49. The van der Waals surface area contributed by atoms with Crippen LogP contribution >= 0.6 is 44.1 Å². The van der Waals surface area contributed by atoms with Crippen LogP contribution in [0.15, 0.2) is 46.2 Å². The fourth-order valence-corrected chi connectivity index (χ4v) is 7.27. The van der Waals surface area contributed by atoms with Gasteiger partial charge in [0.05, 0.1) is 12.2 Å². The average molecular weight is 677 g/mol. The van der Waals surface area contributed by atoms with E-state index in [0.29, 0.717) is 17.9 Å².